The lowest BCUT2D eigenvalue weighted by atomic mass is 9.83. The average molecular weight is 292 g/mol. The molecule has 1 aliphatic carbocycles. The molecule has 0 heterocycles. The number of aryl methyl sites for hydroxylation is 2. The van der Waals surface area contributed by atoms with Crippen LogP contribution in [0.4, 0.5) is 0 Å². The minimum atomic E-state index is 0.674. The molecule has 3 unspecified atom stereocenters. The Morgan fingerprint density at radius 2 is 2.05 bits per heavy atom. The van der Waals surface area contributed by atoms with Crippen molar-refractivity contribution < 1.29 is 0 Å². The van der Waals surface area contributed by atoms with E-state index in [0.717, 1.165) is 11.2 Å². The molecular weight excluding hydrogens is 262 g/mol. The molecule has 1 aliphatic rings. The normalized spacial score (nSPS) is 26.7. The second-order valence-electron chi connectivity index (χ2n) is 6.29. The van der Waals surface area contributed by atoms with Gasteiger partial charge in [-0.1, -0.05) is 37.5 Å². The zero-order valence-corrected chi connectivity index (χ0v) is 14.2. The topological polar surface area (TPSA) is 12.0 Å². The van der Waals surface area contributed by atoms with Crippen LogP contribution >= 0.6 is 11.8 Å². The van der Waals surface area contributed by atoms with E-state index < -0.39 is 0 Å². The maximum Gasteiger partial charge on any atom is 0.0251 e. The Morgan fingerprint density at radius 3 is 2.75 bits per heavy atom. The summed E-state index contributed by atoms with van der Waals surface area (Å²) >= 11 is 2.11. The number of hydrogen-bond acceptors (Lipinski definition) is 2. The lowest BCUT2D eigenvalue weighted by Crippen LogP contribution is -2.40. The molecule has 0 bridgehead atoms. The van der Waals surface area contributed by atoms with Crippen molar-refractivity contribution in [3.63, 3.8) is 0 Å². The standard InChI is InChI=1S/C18H29NS/c1-5-6-15-9-10-16(19-4)18(12-15)20-17-11-13(2)7-8-14(17)3/h7-8,11,15-16,18-19H,5-6,9-10,12H2,1-4H3. The van der Waals surface area contributed by atoms with Gasteiger partial charge in [0.15, 0.2) is 0 Å². The van der Waals surface area contributed by atoms with Crippen LogP contribution < -0.4 is 5.32 Å². The Morgan fingerprint density at radius 1 is 1.25 bits per heavy atom. The predicted octanol–water partition coefficient (Wildman–Crippen LogP) is 4.95. The monoisotopic (exact) mass is 291 g/mol. The Balaban J connectivity index is 2.09. The van der Waals surface area contributed by atoms with E-state index in [1.54, 1.807) is 0 Å². The molecular formula is C18H29NS. The summed E-state index contributed by atoms with van der Waals surface area (Å²) in [6.45, 7) is 6.75. The van der Waals surface area contributed by atoms with Crippen molar-refractivity contribution in [1.82, 2.24) is 5.32 Å². The third-order valence-electron chi connectivity index (χ3n) is 4.59. The number of nitrogens with one attached hydrogen (secondary N) is 1. The number of rotatable bonds is 5. The van der Waals surface area contributed by atoms with E-state index in [4.69, 9.17) is 0 Å². The zero-order valence-electron chi connectivity index (χ0n) is 13.4. The molecule has 0 amide bonds. The summed E-state index contributed by atoms with van der Waals surface area (Å²) in [5, 5.41) is 4.28. The molecule has 0 spiro atoms. The molecule has 1 saturated carbocycles. The summed E-state index contributed by atoms with van der Waals surface area (Å²) in [6, 6.07) is 7.51. The summed E-state index contributed by atoms with van der Waals surface area (Å²) in [5.41, 5.74) is 2.80. The molecule has 1 fully saturated rings. The first-order valence-corrected chi connectivity index (χ1v) is 8.93. The van der Waals surface area contributed by atoms with E-state index in [9.17, 15) is 0 Å². The van der Waals surface area contributed by atoms with Crippen LogP contribution in [0.3, 0.4) is 0 Å². The summed E-state index contributed by atoms with van der Waals surface area (Å²) in [5.74, 6) is 0.937. The fourth-order valence-corrected chi connectivity index (χ4v) is 4.98. The van der Waals surface area contributed by atoms with Gasteiger partial charge in [0.25, 0.3) is 0 Å². The van der Waals surface area contributed by atoms with Crippen molar-refractivity contribution in [2.45, 2.75) is 69.1 Å². The fourth-order valence-electron chi connectivity index (χ4n) is 3.34. The van der Waals surface area contributed by atoms with Crippen molar-refractivity contribution in [1.29, 1.82) is 0 Å². The van der Waals surface area contributed by atoms with Gasteiger partial charge in [0.1, 0.15) is 0 Å². The van der Waals surface area contributed by atoms with Gasteiger partial charge in [-0.2, -0.15) is 0 Å². The van der Waals surface area contributed by atoms with Gasteiger partial charge in [0, 0.05) is 16.2 Å². The van der Waals surface area contributed by atoms with Crippen LogP contribution in [0.15, 0.2) is 23.1 Å². The Kier molecular flexibility index (Phi) is 5.98. The van der Waals surface area contributed by atoms with Crippen molar-refractivity contribution in [2.75, 3.05) is 7.05 Å². The third-order valence-corrected chi connectivity index (χ3v) is 6.11. The maximum absolute atomic E-state index is 3.55. The summed E-state index contributed by atoms with van der Waals surface area (Å²) in [4.78, 5) is 1.48. The van der Waals surface area contributed by atoms with Crippen LogP contribution in [-0.4, -0.2) is 18.3 Å². The predicted molar refractivity (Wildman–Crippen MR) is 90.7 cm³/mol. The van der Waals surface area contributed by atoms with Gasteiger partial charge in [-0.3, -0.25) is 0 Å². The van der Waals surface area contributed by atoms with Gasteiger partial charge >= 0.3 is 0 Å². The molecule has 1 N–H and O–H groups in total. The van der Waals surface area contributed by atoms with Crippen molar-refractivity contribution in [2.24, 2.45) is 5.92 Å². The first-order chi connectivity index (χ1) is 9.63. The second-order valence-corrected chi connectivity index (χ2v) is 7.57. The van der Waals surface area contributed by atoms with Crippen LogP contribution in [0.5, 0.6) is 0 Å². The van der Waals surface area contributed by atoms with Gasteiger partial charge in [-0.15, -0.1) is 11.8 Å². The molecule has 2 heteroatoms. The lowest BCUT2D eigenvalue weighted by Gasteiger charge is -2.36. The van der Waals surface area contributed by atoms with Gasteiger partial charge in [-0.05, 0) is 57.7 Å². The largest absolute Gasteiger partial charge is 0.316 e. The second kappa shape index (κ2) is 7.51. The molecule has 0 radical (unpaired) electrons. The molecule has 20 heavy (non-hydrogen) atoms. The van der Waals surface area contributed by atoms with E-state index >= 15 is 0 Å². The zero-order chi connectivity index (χ0) is 14.5. The van der Waals surface area contributed by atoms with Crippen LogP contribution in [0.2, 0.25) is 0 Å². The quantitative estimate of drug-likeness (QED) is 0.823. The van der Waals surface area contributed by atoms with Gasteiger partial charge in [0.2, 0.25) is 0 Å². The summed E-state index contributed by atoms with van der Waals surface area (Å²) in [6.07, 6.45) is 6.85. The highest BCUT2D eigenvalue weighted by Gasteiger charge is 2.30. The van der Waals surface area contributed by atoms with Gasteiger partial charge in [-0.25, -0.2) is 0 Å². The van der Waals surface area contributed by atoms with Crippen LogP contribution in [0, 0.1) is 19.8 Å². The van der Waals surface area contributed by atoms with E-state index in [2.05, 4.69) is 63.1 Å². The van der Waals surface area contributed by atoms with E-state index in [1.165, 1.54) is 48.1 Å². The minimum absolute atomic E-state index is 0.674. The molecule has 1 nitrogen and oxygen atoms in total. The molecule has 0 aliphatic heterocycles. The van der Waals surface area contributed by atoms with E-state index in [-0.39, 0.29) is 0 Å². The Labute approximate surface area is 128 Å². The van der Waals surface area contributed by atoms with Crippen molar-refractivity contribution in [3.05, 3.63) is 29.3 Å². The number of hydrogen-bond donors (Lipinski definition) is 1. The molecule has 2 rings (SSSR count). The summed E-state index contributed by atoms with van der Waals surface area (Å²) in [7, 11) is 2.13. The number of benzene rings is 1. The van der Waals surface area contributed by atoms with E-state index in [0.29, 0.717) is 6.04 Å². The highest BCUT2D eigenvalue weighted by Crippen LogP contribution is 2.39. The average Bonchev–Trinajstić information content (AvgIpc) is 2.44. The SMILES string of the molecule is CCCC1CCC(NC)C(Sc2cc(C)ccc2C)C1. The fraction of sp³-hybridized carbons (Fsp3) is 0.667. The number of thioether (sulfide) groups is 1. The van der Waals surface area contributed by atoms with Crippen LogP contribution in [0.1, 0.15) is 50.2 Å². The maximum atomic E-state index is 3.55. The first kappa shape index (κ1) is 15.9. The van der Waals surface area contributed by atoms with E-state index in [1.807, 2.05) is 0 Å². The third kappa shape index (κ3) is 4.02. The summed E-state index contributed by atoms with van der Waals surface area (Å²) < 4.78 is 0. The van der Waals surface area contributed by atoms with Crippen LogP contribution in [0.25, 0.3) is 0 Å². The lowest BCUT2D eigenvalue weighted by molar-refractivity contribution is 0.295. The molecule has 1 aromatic carbocycles. The van der Waals surface area contributed by atoms with Gasteiger partial charge < -0.3 is 5.32 Å². The van der Waals surface area contributed by atoms with Gasteiger partial charge in [0.05, 0.1) is 0 Å². The molecule has 0 saturated heterocycles. The highest BCUT2D eigenvalue weighted by atomic mass is 32.2. The Bertz CT molecular complexity index is 429. The van der Waals surface area contributed by atoms with Crippen molar-refractivity contribution in [3.8, 4) is 0 Å². The first-order valence-electron chi connectivity index (χ1n) is 8.05. The minimum Gasteiger partial charge on any atom is -0.316 e. The smallest absolute Gasteiger partial charge is 0.0251 e. The molecule has 1 aromatic rings. The Hall–Kier alpha value is -0.470. The van der Waals surface area contributed by atoms with Crippen molar-refractivity contribution >= 4 is 11.8 Å². The van der Waals surface area contributed by atoms with Crippen LogP contribution in [-0.2, 0) is 0 Å². The molecule has 0 aromatic heterocycles. The molecule has 3 atom stereocenters. The highest BCUT2D eigenvalue weighted by molar-refractivity contribution is 8.00. The molecule has 112 valence electrons.